The maximum atomic E-state index is 5.46. The molecule has 0 spiro atoms. The van der Waals surface area contributed by atoms with Crippen molar-refractivity contribution in [2.45, 2.75) is 44.8 Å². The van der Waals surface area contributed by atoms with Crippen molar-refractivity contribution in [3.8, 4) is 0 Å². The highest BCUT2D eigenvalue weighted by Gasteiger charge is 2.23. The van der Waals surface area contributed by atoms with Crippen LogP contribution < -0.4 is 10.2 Å². The van der Waals surface area contributed by atoms with Gasteiger partial charge in [-0.1, -0.05) is 0 Å². The monoisotopic (exact) mass is 261 g/mol. The van der Waals surface area contributed by atoms with Gasteiger partial charge in [0.25, 0.3) is 0 Å². The summed E-state index contributed by atoms with van der Waals surface area (Å²) in [7, 11) is 2.12. The molecule has 2 fully saturated rings. The van der Waals surface area contributed by atoms with Crippen LogP contribution in [0.3, 0.4) is 0 Å². The van der Waals surface area contributed by atoms with Gasteiger partial charge < -0.3 is 15.0 Å². The van der Waals surface area contributed by atoms with E-state index >= 15 is 0 Å². The summed E-state index contributed by atoms with van der Waals surface area (Å²) in [4.78, 5) is 6.92. The normalized spacial score (nSPS) is 22.7. The van der Waals surface area contributed by atoms with Gasteiger partial charge in [-0.2, -0.15) is 0 Å². The maximum absolute atomic E-state index is 5.46. The molecule has 0 aromatic carbocycles. The Hall–Kier alpha value is -1.13. The van der Waals surface area contributed by atoms with Crippen molar-refractivity contribution in [2.24, 2.45) is 0 Å². The molecule has 1 aromatic heterocycles. The summed E-state index contributed by atoms with van der Waals surface area (Å²) < 4.78 is 5.46. The number of nitrogens with one attached hydrogen (secondary N) is 1. The highest BCUT2D eigenvalue weighted by atomic mass is 16.5. The van der Waals surface area contributed by atoms with Gasteiger partial charge in [-0.05, 0) is 43.4 Å². The molecule has 1 N–H and O–H groups in total. The average Bonchev–Trinajstić information content (AvgIpc) is 3.07. The first-order valence-corrected chi connectivity index (χ1v) is 7.23. The molecule has 3 rings (SSSR count). The molecule has 2 aliphatic rings. The topological polar surface area (TPSA) is 37.4 Å². The Bertz CT molecular complexity index is 439. The number of pyridine rings is 1. The van der Waals surface area contributed by atoms with Gasteiger partial charge in [-0.15, -0.1) is 0 Å². The van der Waals surface area contributed by atoms with Gasteiger partial charge in [0.05, 0.1) is 12.6 Å². The summed E-state index contributed by atoms with van der Waals surface area (Å²) in [6.07, 6.45) is 5.76. The highest BCUT2D eigenvalue weighted by molar-refractivity contribution is 5.47. The second kappa shape index (κ2) is 5.47. The van der Waals surface area contributed by atoms with E-state index in [1.54, 1.807) is 0 Å². The van der Waals surface area contributed by atoms with Gasteiger partial charge in [-0.25, -0.2) is 4.98 Å². The predicted molar refractivity (Wildman–Crippen MR) is 76.5 cm³/mol. The van der Waals surface area contributed by atoms with Crippen molar-refractivity contribution < 1.29 is 4.74 Å². The molecule has 1 aromatic rings. The van der Waals surface area contributed by atoms with Crippen molar-refractivity contribution in [1.29, 1.82) is 0 Å². The van der Waals surface area contributed by atoms with E-state index in [9.17, 15) is 0 Å². The summed E-state index contributed by atoms with van der Waals surface area (Å²) in [5.74, 6) is 1.09. The molecule has 1 aliphatic carbocycles. The summed E-state index contributed by atoms with van der Waals surface area (Å²) in [5, 5.41) is 3.53. The van der Waals surface area contributed by atoms with Gasteiger partial charge in [0.1, 0.15) is 5.82 Å². The number of aromatic nitrogens is 1. The third-order valence-corrected chi connectivity index (χ3v) is 4.07. The van der Waals surface area contributed by atoms with Crippen molar-refractivity contribution >= 4 is 5.82 Å². The fourth-order valence-corrected chi connectivity index (χ4v) is 2.64. The predicted octanol–water partition coefficient (Wildman–Crippen LogP) is 1.87. The number of ether oxygens (including phenoxy) is 1. The zero-order valence-electron chi connectivity index (χ0n) is 11.9. The summed E-state index contributed by atoms with van der Waals surface area (Å²) in [6.45, 7) is 4.78. The number of anilines is 1. The number of hydrogen-bond donors (Lipinski definition) is 1. The van der Waals surface area contributed by atoms with Crippen molar-refractivity contribution in [1.82, 2.24) is 10.3 Å². The number of nitrogens with zero attached hydrogens (tertiary/aromatic N) is 2. The van der Waals surface area contributed by atoms with E-state index in [4.69, 9.17) is 4.74 Å². The van der Waals surface area contributed by atoms with Crippen LogP contribution in [0.5, 0.6) is 0 Å². The van der Waals surface area contributed by atoms with Gasteiger partial charge in [-0.3, -0.25) is 0 Å². The minimum atomic E-state index is 0.474. The quantitative estimate of drug-likeness (QED) is 0.878. The number of rotatable bonds is 5. The number of hydrogen-bond acceptors (Lipinski definition) is 4. The molecule has 0 amide bonds. The molecule has 4 heteroatoms. The van der Waals surface area contributed by atoms with E-state index in [2.05, 4.69) is 35.2 Å². The van der Waals surface area contributed by atoms with E-state index in [0.29, 0.717) is 6.04 Å². The molecular formula is C15H23N3O. The standard InChI is InChI=1S/C15H23N3O/c1-11-7-12(8-16-13-3-4-13)9-17-15(11)18(2)14-5-6-19-10-14/h7,9,13-14,16H,3-6,8,10H2,1-2H3. The second-order valence-corrected chi connectivity index (χ2v) is 5.77. The van der Waals surface area contributed by atoms with E-state index in [1.807, 2.05) is 6.20 Å². The molecule has 2 heterocycles. The Balaban J connectivity index is 1.67. The van der Waals surface area contributed by atoms with Crippen LogP contribution in [0, 0.1) is 6.92 Å². The molecule has 0 radical (unpaired) electrons. The SMILES string of the molecule is Cc1cc(CNC2CC2)cnc1N(C)C1CCOC1. The average molecular weight is 261 g/mol. The largest absolute Gasteiger partial charge is 0.379 e. The van der Waals surface area contributed by atoms with Crippen LogP contribution in [0.25, 0.3) is 0 Å². The number of likely N-dealkylation sites (N-methyl/N-ethyl adjacent to an activating group) is 1. The molecule has 4 nitrogen and oxygen atoms in total. The lowest BCUT2D eigenvalue weighted by Gasteiger charge is -2.26. The Morgan fingerprint density at radius 1 is 1.42 bits per heavy atom. The van der Waals surface area contributed by atoms with Crippen LogP contribution in [0.2, 0.25) is 0 Å². The van der Waals surface area contributed by atoms with E-state index in [-0.39, 0.29) is 0 Å². The van der Waals surface area contributed by atoms with Gasteiger partial charge >= 0.3 is 0 Å². The van der Waals surface area contributed by atoms with Crippen LogP contribution >= 0.6 is 0 Å². The molecule has 1 aliphatic heterocycles. The molecule has 1 saturated carbocycles. The van der Waals surface area contributed by atoms with Crippen LogP contribution in [0.15, 0.2) is 12.3 Å². The zero-order chi connectivity index (χ0) is 13.2. The lowest BCUT2D eigenvalue weighted by molar-refractivity contribution is 0.193. The number of aryl methyl sites for hydroxylation is 1. The lowest BCUT2D eigenvalue weighted by Crippen LogP contribution is -2.33. The first-order valence-electron chi connectivity index (χ1n) is 7.23. The Morgan fingerprint density at radius 3 is 2.89 bits per heavy atom. The molecule has 104 valence electrons. The van der Waals surface area contributed by atoms with Crippen molar-refractivity contribution in [2.75, 3.05) is 25.2 Å². The third kappa shape index (κ3) is 3.07. The summed E-state index contributed by atoms with van der Waals surface area (Å²) in [5.41, 5.74) is 2.54. The van der Waals surface area contributed by atoms with E-state index < -0.39 is 0 Å². The Labute approximate surface area is 115 Å². The van der Waals surface area contributed by atoms with Gasteiger partial charge in [0.15, 0.2) is 0 Å². The molecule has 19 heavy (non-hydrogen) atoms. The zero-order valence-corrected chi connectivity index (χ0v) is 11.9. The van der Waals surface area contributed by atoms with Crippen LogP contribution in [0.4, 0.5) is 5.82 Å². The van der Waals surface area contributed by atoms with E-state index in [0.717, 1.165) is 38.0 Å². The lowest BCUT2D eigenvalue weighted by atomic mass is 10.1. The first-order chi connectivity index (χ1) is 9.24. The third-order valence-electron chi connectivity index (χ3n) is 4.07. The summed E-state index contributed by atoms with van der Waals surface area (Å²) >= 11 is 0. The second-order valence-electron chi connectivity index (χ2n) is 5.77. The Kier molecular flexibility index (Phi) is 3.71. The molecule has 1 saturated heterocycles. The highest BCUT2D eigenvalue weighted by Crippen LogP contribution is 2.23. The summed E-state index contributed by atoms with van der Waals surface area (Å²) in [6, 6.07) is 3.48. The minimum Gasteiger partial charge on any atom is -0.379 e. The van der Waals surface area contributed by atoms with Crippen molar-refractivity contribution in [3.63, 3.8) is 0 Å². The molecule has 0 bridgehead atoms. The van der Waals surface area contributed by atoms with Crippen molar-refractivity contribution in [3.05, 3.63) is 23.4 Å². The van der Waals surface area contributed by atoms with Crippen LogP contribution in [-0.2, 0) is 11.3 Å². The fraction of sp³-hybridized carbons (Fsp3) is 0.667. The Morgan fingerprint density at radius 2 is 2.26 bits per heavy atom. The smallest absolute Gasteiger partial charge is 0.131 e. The van der Waals surface area contributed by atoms with Gasteiger partial charge in [0.2, 0.25) is 0 Å². The minimum absolute atomic E-state index is 0.474. The maximum Gasteiger partial charge on any atom is 0.131 e. The molecular weight excluding hydrogens is 238 g/mol. The van der Waals surface area contributed by atoms with Gasteiger partial charge in [0, 0.05) is 32.4 Å². The molecule has 1 atom stereocenters. The molecule has 1 unspecified atom stereocenters. The van der Waals surface area contributed by atoms with E-state index in [1.165, 1.54) is 24.0 Å². The van der Waals surface area contributed by atoms with Crippen LogP contribution in [-0.4, -0.2) is 37.3 Å². The fourth-order valence-electron chi connectivity index (χ4n) is 2.64. The van der Waals surface area contributed by atoms with Crippen LogP contribution in [0.1, 0.15) is 30.4 Å². The first kappa shape index (κ1) is 12.9.